The van der Waals surface area contributed by atoms with Crippen molar-refractivity contribution in [3.8, 4) is 0 Å². The second-order valence-electron chi connectivity index (χ2n) is 7.70. The minimum atomic E-state index is -0.460. The van der Waals surface area contributed by atoms with Gasteiger partial charge in [0.05, 0.1) is 13.2 Å². The molecule has 2 aliphatic heterocycles. The Morgan fingerprint density at radius 3 is 2.64 bits per heavy atom. The number of ether oxygens (including phenoxy) is 2. The highest BCUT2D eigenvalue weighted by molar-refractivity contribution is 5.69. The van der Waals surface area contributed by atoms with Crippen molar-refractivity contribution in [2.45, 2.75) is 39.5 Å². The van der Waals surface area contributed by atoms with Crippen LogP contribution in [0.4, 0.5) is 10.5 Å². The number of rotatable bonds is 4. The molecule has 2 heterocycles. The van der Waals surface area contributed by atoms with E-state index in [0.717, 1.165) is 45.1 Å². The number of nitrogens with zero attached hydrogens (tertiary/aromatic N) is 2. The first kappa shape index (κ1) is 18.0. The molecule has 0 aliphatic carbocycles. The van der Waals surface area contributed by atoms with Gasteiger partial charge in [-0.15, -0.1) is 0 Å². The number of hydrogen-bond donors (Lipinski definition) is 1. The normalized spacial score (nSPS) is 18.1. The predicted molar refractivity (Wildman–Crippen MR) is 97.7 cm³/mol. The van der Waals surface area contributed by atoms with Gasteiger partial charge in [0, 0.05) is 45.0 Å². The Labute approximate surface area is 150 Å². The second-order valence-corrected chi connectivity index (χ2v) is 7.70. The number of fused-ring (bicyclic) bond motifs is 1. The summed E-state index contributed by atoms with van der Waals surface area (Å²) in [5.41, 5.74) is 3.04. The van der Waals surface area contributed by atoms with E-state index in [1.165, 1.54) is 11.1 Å². The molecule has 2 aliphatic rings. The van der Waals surface area contributed by atoms with Crippen LogP contribution in [-0.4, -0.2) is 60.9 Å². The Hall–Kier alpha value is -1.79. The van der Waals surface area contributed by atoms with Gasteiger partial charge >= 0.3 is 6.09 Å². The highest BCUT2D eigenvalue weighted by Gasteiger charge is 2.27. The molecule has 1 aromatic rings. The maximum Gasteiger partial charge on any atom is 0.410 e. The summed E-state index contributed by atoms with van der Waals surface area (Å²) in [4.78, 5) is 16.4. The van der Waals surface area contributed by atoms with Gasteiger partial charge in [0.15, 0.2) is 0 Å². The second kappa shape index (κ2) is 7.62. The molecule has 0 saturated carbocycles. The van der Waals surface area contributed by atoms with Crippen LogP contribution >= 0.6 is 0 Å². The van der Waals surface area contributed by atoms with Gasteiger partial charge < -0.3 is 14.8 Å². The number of carbonyl (C=O) groups excluding carboxylic acids is 1. The third kappa shape index (κ3) is 5.09. The number of anilines is 1. The number of benzene rings is 1. The number of amides is 1. The fourth-order valence-corrected chi connectivity index (χ4v) is 3.14. The topological polar surface area (TPSA) is 54.0 Å². The van der Waals surface area contributed by atoms with Crippen LogP contribution in [0.2, 0.25) is 0 Å². The molecule has 1 aromatic carbocycles. The number of nitrogens with one attached hydrogen (secondary N) is 1. The Kier molecular flexibility index (Phi) is 5.49. The van der Waals surface area contributed by atoms with E-state index in [-0.39, 0.29) is 6.09 Å². The van der Waals surface area contributed by atoms with Crippen molar-refractivity contribution in [2.24, 2.45) is 0 Å². The molecule has 1 fully saturated rings. The van der Waals surface area contributed by atoms with E-state index in [2.05, 4.69) is 28.4 Å². The minimum Gasteiger partial charge on any atom is -0.444 e. The lowest BCUT2D eigenvalue weighted by Gasteiger charge is -2.26. The zero-order valence-corrected chi connectivity index (χ0v) is 15.5. The summed E-state index contributed by atoms with van der Waals surface area (Å²) in [6, 6.07) is 6.35. The van der Waals surface area contributed by atoms with Crippen molar-refractivity contribution in [1.82, 2.24) is 9.80 Å². The van der Waals surface area contributed by atoms with Gasteiger partial charge in [-0.1, -0.05) is 6.07 Å². The van der Waals surface area contributed by atoms with Gasteiger partial charge in [-0.2, -0.15) is 0 Å². The first-order valence-corrected chi connectivity index (χ1v) is 9.04. The average Bonchev–Trinajstić information content (AvgIpc) is 2.98. The Morgan fingerprint density at radius 1 is 1.20 bits per heavy atom. The fraction of sp³-hybridized carbons (Fsp3) is 0.632. The molecule has 1 amide bonds. The summed E-state index contributed by atoms with van der Waals surface area (Å²) in [6.45, 7) is 12.5. The van der Waals surface area contributed by atoms with Crippen molar-refractivity contribution in [1.29, 1.82) is 0 Å². The summed E-state index contributed by atoms with van der Waals surface area (Å²) < 4.78 is 10.8. The third-order valence-electron chi connectivity index (χ3n) is 4.44. The lowest BCUT2D eigenvalue weighted by atomic mass is 10.1. The molecular weight excluding hydrogens is 318 g/mol. The van der Waals surface area contributed by atoms with Crippen molar-refractivity contribution in [3.05, 3.63) is 29.3 Å². The Bertz CT molecular complexity index is 606. The first-order valence-electron chi connectivity index (χ1n) is 9.04. The molecule has 25 heavy (non-hydrogen) atoms. The van der Waals surface area contributed by atoms with E-state index < -0.39 is 5.60 Å². The van der Waals surface area contributed by atoms with Crippen molar-refractivity contribution < 1.29 is 14.3 Å². The van der Waals surface area contributed by atoms with Crippen LogP contribution < -0.4 is 5.32 Å². The van der Waals surface area contributed by atoms with E-state index in [0.29, 0.717) is 13.1 Å². The standard InChI is InChI=1S/C19H29N3O3/c1-19(2,3)25-18(23)22-13-15-4-5-17(12-16(15)14-22)20-6-7-21-8-10-24-11-9-21/h4-5,12,20H,6-11,13-14H2,1-3H3. The largest absolute Gasteiger partial charge is 0.444 e. The third-order valence-corrected chi connectivity index (χ3v) is 4.44. The molecule has 1 N–H and O–H groups in total. The van der Waals surface area contributed by atoms with Crippen LogP contribution in [0.5, 0.6) is 0 Å². The molecule has 0 aromatic heterocycles. The summed E-state index contributed by atoms with van der Waals surface area (Å²) in [5.74, 6) is 0. The Balaban J connectivity index is 1.50. The van der Waals surface area contributed by atoms with Gasteiger partial charge in [-0.05, 0) is 44.0 Å². The van der Waals surface area contributed by atoms with Crippen molar-refractivity contribution in [3.63, 3.8) is 0 Å². The van der Waals surface area contributed by atoms with Crippen LogP contribution in [0.25, 0.3) is 0 Å². The van der Waals surface area contributed by atoms with E-state index in [4.69, 9.17) is 9.47 Å². The van der Waals surface area contributed by atoms with Crippen LogP contribution in [0.15, 0.2) is 18.2 Å². The van der Waals surface area contributed by atoms with Gasteiger partial charge in [0.25, 0.3) is 0 Å². The minimum absolute atomic E-state index is 0.245. The smallest absolute Gasteiger partial charge is 0.410 e. The molecule has 0 radical (unpaired) electrons. The van der Waals surface area contributed by atoms with Gasteiger partial charge in [0.2, 0.25) is 0 Å². The summed E-state index contributed by atoms with van der Waals surface area (Å²) in [6.07, 6.45) is -0.245. The fourth-order valence-electron chi connectivity index (χ4n) is 3.14. The molecule has 0 bridgehead atoms. The molecule has 6 heteroatoms. The van der Waals surface area contributed by atoms with Crippen LogP contribution in [0.3, 0.4) is 0 Å². The molecule has 3 rings (SSSR count). The highest BCUT2D eigenvalue weighted by atomic mass is 16.6. The lowest BCUT2D eigenvalue weighted by molar-refractivity contribution is 0.0242. The van der Waals surface area contributed by atoms with Gasteiger partial charge in [-0.25, -0.2) is 4.79 Å². The predicted octanol–water partition coefficient (Wildman–Crippen LogP) is 2.68. The maximum absolute atomic E-state index is 12.2. The monoisotopic (exact) mass is 347 g/mol. The number of hydrogen-bond acceptors (Lipinski definition) is 5. The Morgan fingerprint density at radius 2 is 1.92 bits per heavy atom. The average molecular weight is 347 g/mol. The quantitative estimate of drug-likeness (QED) is 0.907. The SMILES string of the molecule is CC(C)(C)OC(=O)N1Cc2ccc(NCCN3CCOCC3)cc2C1. The molecule has 0 atom stereocenters. The summed E-state index contributed by atoms with van der Waals surface area (Å²) in [7, 11) is 0. The molecule has 0 spiro atoms. The van der Waals surface area contributed by atoms with Gasteiger partial charge in [0.1, 0.15) is 5.60 Å². The molecule has 1 saturated heterocycles. The highest BCUT2D eigenvalue weighted by Crippen LogP contribution is 2.27. The van der Waals surface area contributed by atoms with Crippen LogP contribution in [-0.2, 0) is 22.6 Å². The zero-order valence-electron chi connectivity index (χ0n) is 15.5. The first-order chi connectivity index (χ1) is 11.9. The summed E-state index contributed by atoms with van der Waals surface area (Å²) >= 11 is 0. The van der Waals surface area contributed by atoms with Crippen LogP contribution in [0, 0.1) is 0 Å². The van der Waals surface area contributed by atoms with E-state index >= 15 is 0 Å². The van der Waals surface area contributed by atoms with Crippen molar-refractivity contribution >= 4 is 11.8 Å². The lowest BCUT2D eigenvalue weighted by Crippen LogP contribution is -2.39. The molecule has 138 valence electrons. The van der Waals surface area contributed by atoms with E-state index in [9.17, 15) is 4.79 Å². The van der Waals surface area contributed by atoms with E-state index in [1.807, 2.05) is 20.8 Å². The maximum atomic E-state index is 12.2. The molecule has 6 nitrogen and oxygen atoms in total. The molecule has 0 unspecified atom stereocenters. The van der Waals surface area contributed by atoms with E-state index in [1.54, 1.807) is 4.90 Å². The van der Waals surface area contributed by atoms with Gasteiger partial charge in [-0.3, -0.25) is 9.80 Å². The molecular formula is C19H29N3O3. The summed E-state index contributed by atoms with van der Waals surface area (Å²) in [5, 5.41) is 3.49. The number of carbonyl (C=O) groups is 1. The van der Waals surface area contributed by atoms with Crippen LogP contribution in [0.1, 0.15) is 31.9 Å². The van der Waals surface area contributed by atoms with Crippen molar-refractivity contribution in [2.75, 3.05) is 44.7 Å². The zero-order chi connectivity index (χ0) is 17.9. The number of morpholine rings is 1.